The summed E-state index contributed by atoms with van der Waals surface area (Å²) in [6, 6.07) is 0.893. The number of esters is 3. The molecule has 5 atom stereocenters. The second-order valence-electron chi connectivity index (χ2n) is 11.6. The van der Waals surface area contributed by atoms with Crippen molar-refractivity contribution in [2.24, 2.45) is 0 Å². The molecule has 0 saturated carbocycles. The maximum absolute atomic E-state index is 12.3. The molecule has 0 aromatic rings. The minimum Gasteiger partial charge on any atom is -0.460 e. The Morgan fingerprint density at radius 2 is 1.24 bits per heavy atom. The zero-order chi connectivity index (χ0) is 36.9. The van der Waals surface area contributed by atoms with Crippen molar-refractivity contribution in [1.82, 2.24) is 5.32 Å². The highest BCUT2D eigenvalue weighted by Crippen LogP contribution is 2.15. The smallest absolute Gasteiger partial charge is 0.334 e. The highest BCUT2D eigenvalue weighted by atomic mass is 28.4. The number of nitrogens with one attached hydrogen (secondary N) is 1. The van der Waals surface area contributed by atoms with E-state index in [0.29, 0.717) is 19.8 Å². The average Bonchev–Trinajstić information content (AvgIpc) is 3.06. The van der Waals surface area contributed by atoms with Crippen molar-refractivity contribution >= 4 is 26.5 Å². The lowest BCUT2D eigenvalue weighted by Crippen LogP contribution is -2.39. The maximum atomic E-state index is 12.3. The van der Waals surface area contributed by atoms with Crippen molar-refractivity contribution in [1.29, 1.82) is 0 Å². The van der Waals surface area contributed by atoms with Gasteiger partial charge in [0.1, 0.15) is 24.9 Å². The Morgan fingerprint density at radius 3 is 1.78 bits per heavy atom. The van der Waals surface area contributed by atoms with Gasteiger partial charge in [-0.2, -0.15) is 0 Å². The number of rotatable bonds is 33. The Morgan fingerprint density at radius 1 is 0.694 bits per heavy atom. The van der Waals surface area contributed by atoms with Gasteiger partial charge < -0.3 is 52.1 Å². The number of carbonyl (C=O) groups excluding carboxylic acids is 3. The number of carbonyl (C=O) groups is 3. The predicted molar refractivity (Wildman–Crippen MR) is 186 cm³/mol. The minimum atomic E-state index is -2.12. The standard InChI is InChI=1S/C34H63NO13Si/c1-10-32(36)42-19-18-41-31(25-39-21-27(5)43-23-29(7)47-33(37)11-2)26-40-22-28(6)44-24-30(8)48-34(38)15-17-35-16-14-20-49(9,45-12-3)46-13-4/h10-11,27-31,35H,1-2,12-26H2,3-9H3. The minimum absolute atomic E-state index is 0.0538. The van der Waals surface area contributed by atoms with Gasteiger partial charge in [0, 0.05) is 31.9 Å². The van der Waals surface area contributed by atoms with Gasteiger partial charge in [-0.3, -0.25) is 4.79 Å². The highest BCUT2D eigenvalue weighted by Gasteiger charge is 2.29. The molecule has 5 unspecified atom stereocenters. The molecule has 0 spiro atoms. The summed E-state index contributed by atoms with van der Waals surface area (Å²) in [5.74, 6) is -1.34. The van der Waals surface area contributed by atoms with Gasteiger partial charge in [0.2, 0.25) is 0 Å². The Bertz CT molecular complexity index is 903. The molecule has 49 heavy (non-hydrogen) atoms. The molecule has 0 bridgehead atoms. The lowest BCUT2D eigenvalue weighted by atomic mass is 10.3. The molecule has 0 aliphatic heterocycles. The van der Waals surface area contributed by atoms with Crippen LogP contribution in [-0.4, -0.2) is 136 Å². The number of hydrogen-bond acceptors (Lipinski definition) is 14. The zero-order valence-corrected chi connectivity index (χ0v) is 31.9. The molecule has 0 aromatic heterocycles. The molecule has 0 amide bonds. The van der Waals surface area contributed by atoms with Gasteiger partial charge in [0.15, 0.2) is 0 Å². The Balaban J connectivity index is 4.39. The van der Waals surface area contributed by atoms with E-state index in [2.05, 4.69) is 25.0 Å². The molecule has 0 saturated heterocycles. The van der Waals surface area contributed by atoms with Crippen LogP contribution < -0.4 is 5.32 Å². The van der Waals surface area contributed by atoms with E-state index in [4.69, 9.17) is 46.7 Å². The summed E-state index contributed by atoms with van der Waals surface area (Å²) < 4.78 is 56.1. The summed E-state index contributed by atoms with van der Waals surface area (Å²) in [7, 11) is -2.12. The molecule has 0 heterocycles. The van der Waals surface area contributed by atoms with Gasteiger partial charge >= 0.3 is 26.5 Å². The second-order valence-corrected chi connectivity index (χ2v) is 14.9. The molecule has 0 radical (unpaired) electrons. The summed E-state index contributed by atoms with van der Waals surface area (Å²) in [5.41, 5.74) is 0. The summed E-state index contributed by atoms with van der Waals surface area (Å²) in [6.07, 6.45) is 1.53. The van der Waals surface area contributed by atoms with Gasteiger partial charge in [0.05, 0.1) is 64.9 Å². The molecule has 14 nitrogen and oxygen atoms in total. The molecule has 15 heteroatoms. The first-order valence-electron chi connectivity index (χ1n) is 17.2. The number of hydrogen-bond donors (Lipinski definition) is 1. The molecule has 0 rings (SSSR count). The lowest BCUT2D eigenvalue weighted by Gasteiger charge is -2.25. The van der Waals surface area contributed by atoms with Crippen molar-refractivity contribution in [2.45, 2.75) is 97.5 Å². The van der Waals surface area contributed by atoms with E-state index in [1.165, 1.54) is 0 Å². The van der Waals surface area contributed by atoms with E-state index in [1.807, 2.05) is 27.7 Å². The van der Waals surface area contributed by atoms with Crippen molar-refractivity contribution < 1.29 is 61.1 Å². The van der Waals surface area contributed by atoms with E-state index < -0.39 is 38.8 Å². The third-order valence-corrected chi connectivity index (χ3v) is 9.66. The van der Waals surface area contributed by atoms with Gasteiger partial charge in [-0.05, 0) is 67.1 Å². The van der Waals surface area contributed by atoms with Crippen LogP contribution in [0.2, 0.25) is 12.6 Å². The first-order valence-corrected chi connectivity index (χ1v) is 19.7. The fourth-order valence-electron chi connectivity index (χ4n) is 4.23. The largest absolute Gasteiger partial charge is 0.460 e. The van der Waals surface area contributed by atoms with Gasteiger partial charge in [-0.1, -0.05) is 13.2 Å². The maximum Gasteiger partial charge on any atom is 0.334 e. The molecule has 0 aliphatic rings. The summed E-state index contributed by atoms with van der Waals surface area (Å²) in [5, 5.41) is 3.28. The second kappa shape index (κ2) is 29.5. The van der Waals surface area contributed by atoms with Crippen LogP contribution in [0.25, 0.3) is 0 Å². The van der Waals surface area contributed by atoms with E-state index in [9.17, 15) is 14.4 Å². The van der Waals surface area contributed by atoms with Gasteiger partial charge in [0.25, 0.3) is 0 Å². The summed E-state index contributed by atoms with van der Waals surface area (Å²) >= 11 is 0. The Hall–Kier alpha value is -2.21. The third-order valence-electron chi connectivity index (χ3n) is 6.60. The molecule has 286 valence electrons. The molecule has 0 fully saturated rings. The first-order chi connectivity index (χ1) is 23.4. The fourth-order valence-corrected chi connectivity index (χ4v) is 6.64. The van der Waals surface area contributed by atoms with Crippen molar-refractivity contribution in [3.8, 4) is 0 Å². The predicted octanol–water partition coefficient (Wildman–Crippen LogP) is 3.51. The zero-order valence-electron chi connectivity index (χ0n) is 30.9. The topological polar surface area (TPSA) is 156 Å². The fraction of sp³-hybridized carbons (Fsp3) is 0.794. The van der Waals surface area contributed by atoms with Crippen LogP contribution in [0, 0.1) is 0 Å². The number of ether oxygens (including phenoxy) is 8. The van der Waals surface area contributed by atoms with Crippen LogP contribution in [0.5, 0.6) is 0 Å². The monoisotopic (exact) mass is 721 g/mol. The quantitative estimate of drug-likeness (QED) is 0.0346. The van der Waals surface area contributed by atoms with E-state index in [0.717, 1.165) is 31.2 Å². The van der Waals surface area contributed by atoms with Gasteiger partial charge in [-0.25, -0.2) is 9.59 Å². The van der Waals surface area contributed by atoms with Crippen LogP contribution in [0.3, 0.4) is 0 Å². The Kier molecular flexibility index (Phi) is 28.2. The van der Waals surface area contributed by atoms with Crippen LogP contribution in [0.4, 0.5) is 0 Å². The van der Waals surface area contributed by atoms with E-state index >= 15 is 0 Å². The van der Waals surface area contributed by atoms with Crippen molar-refractivity contribution in [3.05, 3.63) is 25.3 Å². The average molecular weight is 722 g/mol. The van der Waals surface area contributed by atoms with Gasteiger partial charge in [-0.15, -0.1) is 0 Å². The van der Waals surface area contributed by atoms with Crippen LogP contribution in [0.15, 0.2) is 25.3 Å². The van der Waals surface area contributed by atoms with Crippen LogP contribution in [-0.2, 0) is 61.1 Å². The van der Waals surface area contributed by atoms with Crippen LogP contribution >= 0.6 is 0 Å². The Labute approximate surface area is 294 Å². The first kappa shape index (κ1) is 46.8. The third kappa shape index (κ3) is 27.2. The van der Waals surface area contributed by atoms with Crippen molar-refractivity contribution in [3.63, 3.8) is 0 Å². The molecule has 0 aromatic carbocycles. The lowest BCUT2D eigenvalue weighted by molar-refractivity contribution is -0.153. The van der Waals surface area contributed by atoms with Crippen molar-refractivity contribution in [2.75, 3.05) is 79.2 Å². The summed E-state index contributed by atoms with van der Waals surface area (Å²) in [4.78, 5) is 34.9. The van der Waals surface area contributed by atoms with E-state index in [-0.39, 0.29) is 77.5 Å². The van der Waals surface area contributed by atoms with E-state index in [1.54, 1.807) is 13.8 Å². The van der Waals surface area contributed by atoms with Crippen LogP contribution in [0.1, 0.15) is 54.4 Å². The molecule has 0 aliphatic carbocycles. The molecular formula is C34H63NO13Si. The normalized spacial score (nSPS) is 14.7. The molecular weight excluding hydrogens is 658 g/mol. The SMILES string of the molecule is C=CC(=O)OCCOC(COCC(C)OCC(C)OC(=O)C=C)COCC(C)OCC(C)OC(=O)CCNCCC[Si](C)(OCC)OCC. The summed E-state index contributed by atoms with van der Waals surface area (Å²) in [6.45, 7) is 24.1. The highest BCUT2D eigenvalue weighted by molar-refractivity contribution is 6.66. The molecule has 1 N–H and O–H groups in total.